The Balaban J connectivity index is 0. The third-order valence-electron chi connectivity index (χ3n) is 1.34. The van der Waals surface area contributed by atoms with E-state index >= 15 is 0 Å². The van der Waals surface area contributed by atoms with Crippen molar-refractivity contribution in [3.8, 4) is 0 Å². The lowest BCUT2D eigenvalue weighted by Gasteiger charge is -2.13. The molecule has 0 fully saturated rings. The fourth-order valence-corrected chi connectivity index (χ4v) is 0.671. The SMILES string of the molecule is CC(C)(C)N.CCN(CC)CC. The van der Waals surface area contributed by atoms with Gasteiger partial charge in [-0.25, -0.2) is 0 Å². The highest BCUT2D eigenvalue weighted by Crippen LogP contribution is 1.88. The molecular weight excluding hydrogens is 148 g/mol. The van der Waals surface area contributed by atoms with Gasteiger partial charge in [0, 0.05) is 5.54 Å². The Kier molecular flexibility index (Phi) is 9.10. The van der Waals surface area contributed by atoms with E-state index in [1.54, 1.807) is 0 Å². The number of hydrogen-bond acceptors (Lipinski definition) is 2. The van der Waals surface area contributed by atoms with Gasteiger partial charge in [0.2, 0.25) is 0 Å². The number of hydrogen-bond donors (Lipinski definition) is 1. The lowest BCUT2D eigenvalue weighted by Crippen LogP contribution is -2.26. The molecule has 0 saturated carbocycles. The zero-order valence-electron chi connectivity index (χ0n) is 9.65. The molecule has 0 radical (unpaired) electrons. The predicted octanol–water partition coefficient (Wildman–Crippen LogP) is 2.09. The fraction of sp³-hybridized carbons (Fsp3) is 1.00. The van der Waals surface area contributed by atoms with Gasteiger partial charge in [0.05, 0.1) is 0 Å². The van der Waals surface area contributed by atoms with Crippen molar-refractivity contribution in [3.05, 3.63) is 0 Å². The van der Waals surface area contributed by atoms with Crippen LogP contribution in [0.2, 0.25) is 0 Å². The van der Waals surface area contributed by atoms with Crippen LogP contribution in [0.25, 0.3) is 0 Å². The quantitative estimate of drug-likeness (QED) is 0.710. The third kappa shape index (κ3) is 22.5. The first-order chi connectivity index (χ1) is 5.35. The summed E-state index contributed by atoms with van der Waals surface area (Å²) >= 11 is 0. The van der Waals surface area contributed by atoms with E-state index in [2.05, 4.69) is 25.7 Å². The van der Waals surface area contributed by atoms with E-state index in [1.165, 1.54) is 19.6 Å². The van der Waals surface area contributed by atoms with Gasteiger partial charge in [-0.05, 0) is 40.4 Å². The van der Waals surface area contributed by atoms with Crippen molar-refractivity contribution in [1.29, 1.82) is 0 Å². The molecule has 0 bridgehead atoms. The molecule has 12 heavy (non-hydrogen) atoms. The first-order valence-corrected chi connectivity index (χ1v) is 4.86. The van der Waals surface area contributed by atoms with Crippen LogP contribution in [0.4, 0.5) is 0 Å². The summed E-state index contributed by atoms with van der Waals surface area (Å²) in [6.07, 6.45) is 0. The summed E-state index contributed by atoms with van der Waals surface area (Å²) in [7, 11) is 0. The molecular formula is C10H26N2. The zero-order valence-corrected chi connectivity index (χ0v) is 9.65. The molecule has 0 aliphatic heterocycles. The van der Waals surface area contributed by atoms with Crippen molar-refractivity contribution < 1.29 is 0 Å². The molecule has 0 heterocycles. The van der Waals surface area contributed by atoms with Gasteiger partial charge < -0.3 is 10.6 Å². The minimum absolute atomic E-state index is 0. The Bertz CT molecular complexity index is 68.8. The van der Waals surface area contributed by atoms with Gasteiger partial charge in [-0.3, -0.25) is 0 Å². The molecule has 0 atom stereocenters. The highest BCUT2D eigenvalue weighted by atomic mass is 15.1. The van der Waals surface area contributed by atoms with Crippen LogP contribution in [-0.4, -0.2) is 30.1 Å². The van der Waals surface area contributed by atoms with E-state index in [4.69, 9.17) is 5.73 Å². The van der Waals surface area contributed by atoms with Crippen LogP contribution in [-0.2, 0) is 0 Å². The molecule has 0 aromatic heterocycles. The largest absolute Gasteiger partial charge is 0.326 e. The molecule has 2 nitrogen and oxygen atoms in total. The third-order valence-corrected chi connectivity index (χ3v) is 1.34. The predicted molar refractivity (Wildman–Crippen MR) is 57.4 cm³/mol. The fourth-order valence-electron chi connectivity index (χ4n) is 0.671. The van der Waals surface area contributed by atoms with Crippen LogP contribution in [0.3, 0.4) is 0 Å². The van der Waals surface area contributed by atoms with Crippen molar-refractivity contribution in [2.24, 2.45) is 5.73 Å². The monoisotopic (exact) mass is 174 g/mol. The van der Waals surface area contributed by atoms with E-state index in [1.807, 2.05) is 20.8 Å². The van der Waals surface area contributed by atoms with Gasteiger partial charge in [0.1, 0.15) is 0 Å². The average Bonchev–Trinajstić information content (AvgIpc) is 1.88. The molecule has 0 amide bonds. The van der Waals surface area contributed by atoms with Crippen molar-refractivity contribution in [2.75, 3.05) is 19.6 Å². The number of nitrogens with zero attached hydrogens (tertiary/aromatic N) is 1. The summed E-state index contributed by atoms with van der Waals surface area (Å²) in [4.78, 5) is 2.38. The number of nitrogens with two attached hydrogens (primary N) is 1. The van der Waals surface area contributed by atoms with Gasteiger partial charge in [-0.1, -0.05) is 20.8 Å². The molecule has 2 heteroatoms. The van der Waals surface area contributed by atoms with Crippen LogP contribution >= 0.6 is 0 Å². The summed E-state index contributed by atoms with van der Waals surface area (Å²) in [5, 5.41) is 0. The maximum atomic E-state index is 5.35. The van der Waals surface area contributed by atoms with Crippen molar-refractivity contribution in [3.63, 3.8) is 0 Å². The van der Waals surface area contributed by atoms with Gasteiger partial charge >= 0.3 is 0 Å². The molecule has 0 aliphatic carbocycles. The Morgan fingerprint density at radius 3 is 1.08 bits per heavy atom. The molecule has 0 rings (SSSR count). The molecule has 0 aliphatic rings. The second-order valence-corrected chi connectivity index (χ2v) is 3.99. The topological polar surface area (TPSA) is 29.3 Å². The van der Waals surface area contributed by atoms with Crippen LogP contribution in [0.5, 0.6) is 0 Å². The van der Waals surface area contributed by atoms with E-state index in [0.29, 0.717) is 0 Å². The Morgan fingerprint density at radius 2 is 1.08 bits per heavy atom. The van der Waals surface area contributed by atoms with E-state index in [0.717, 1.165) is 0 Å². The summed E-state index contributed by atoms with van der Waals surface area (Å²) in [5.41, 5.74) is 5.35. The second kappa shape index (κ2) is 7.56. The van der Waals surface area contributed by atoms with Crippen molar-refractivity contribution in [2.45, 2.75) is 47.1 Å². The van der Waals surface area contributed by atoms with Crippen molar-refractivity contribution in [1.82, 2.24) is 4.90 Å². The van der Waals surface area contributed by atoms with Gasteiger partial charge in [0.25, 0.3) is 0 Å². The minimum Gasteiger partial charge on any atom is -0.326 e. The highest BCUT2D eigenvalue weighted by molar-refractivity contribution is 4.60. The summed E-state index contributed by atoms with van der Waals surface area (Å²) in [6, 6.07) is 0. The van der Waals surface area contributed by atoms with Crippen LogP contribution < -0.4 is 5.73 Å². The molecule has 0 aromatic rings. The lowest BCUT2D eigenvalue weighted by atomic mass is 10.1. The van der Waals surface area contributed by atoms with Crippen LogP contribution in [0, 0.1) is 0 Å². The second-order valence-electron chi connectivity index (χ2n) is 3.99. The van der Waals surface area contributed by atoms with Crippen molar-refractivity contribution >= 4 is 0 Å². The standard InChI is InChI=1S/C6H15N.C4H11N/c1-4-7(5-2)6-3;1-4(2,3)5/h4-6H2,1-3H3;5H2,1-3H3. The zero-order chi connectivity index (χ0) is 10.2. The van der Waals surface area contributed by atoms with E-state index in [9.17, 15) is 0 Å². The van der Waals surface area contributed by atoms with Crippen LogP contribution in [0.15, 0.2) is 0 Å². The van der Waals surface area contributed by atoms with E-state index < -0.39 is 0 Å². The number of rotatable bonds is 3. The Labute approximate surface area is 78.1 Å². The van der Waals surface area contributed by atoms with Crippen LogP contribution in [0.1, 0.15) is 41.5 Å². The Morgan fingerprint density at radius 1 is 0.917 bits per heavy atom. The normalized spacial score (nSPS) is 11.0. The Hall–Kier alpha value is -0.0800. The van der Waals surface area contributed by atoms with Gasteiger partial charge in [-0.15, -0.1) is 0 Å². The first-order valence-electron chi connectivity index (χ1n) is 4.86. The first kappa shape index (κ1) is 14.4. The van der Waals surface area contributed by atoms with E-state index in [-0.39, 0.29) is 5.54 Å². The molecule has 2 N–H and O–H groups in total. The molecule has 76 valence electrons. The molecule has 0 saturated heterocycles. The highest BCUT2D eigenvalue weighted by Gasteiger charge is 1.95. The van der Waals surface area contributed by atoms with Gasteiger partial charge in [-0.2, -0.15) is 0 Å². The molecule has 0 unspecified atom stereocenters. The summed E-state index contributed by atoms with van der Waals surface area (Å²) in [6.45, 7) is 16.0. The minimum atomic E-state index is 0. The maximum absolute atomic E-state index is 5.35. The average molecular weight is 174 g/mol. The molecule has 0 aromatic carbocycles. The smallest absolute Gasteiger partial charge is 0.00686 e. The summed E-state index contributed by atoms with van der Waals surface area (Å²) in [5.74, 6) is 0. The molecule has 0 spiro atoms. The lowest BCUT2D eigenvalue weighted by molar-refractivity contribution is 0.321. The summed E-state index contributed by atoms with van der Waals surface area (Å²) < 4.78 is 0. The maximum Gasteiger partial charge on any atom is 0.00686 e. The van der Waals surface area contributed by atoms with Gasteiger partial charge in [0.15, 0.2) is 0 Å².